The minimum absolute atomic E-state index is 0.198. The van der Waals surface area contributed by atoms with Crippen molar-refractivity contribution in [2.45, 2.75) is 38.8 Å². The summed E-state index contributed by atoms with van der Waals surface area (Å²) < 4.78 is 0. The summed E-state index contributed by atoms with van der Waals surface area (Å²) in [5.41, 5.74) is 16.6. The van der Waals surface area contributed by atoms with E-state index in [1.165, 1.54) is 5.56 Å². The Kier molecular flexibility index (Phi) is 6.44. The van der Waals surface area contributed by atoms with Gasteiger partial charge in [-0.05, 0) is 45.4 Å². The molecule has 0 radical (unpaired) electrons. The summed E-state index contributed by atoms with van der Waals surface area (Å²) in [6.45, 7) is 16.0. The van der Waals surface area contributed by atoms with Gasteiger partial charge in [0.1, 0.15) is 0 Å². The Hall–Kier alpha value is -2.00. The molecule has 0 bridgehead atoms. The molecule has 22 heavy (non-hydrogen) atoms. The van der Waals surface area contributed by atoms with Gasteiger partial charge in [-0.2, -0.15) is 0 Å². The maximum absolute atomic E-state index is 6.07. The van der Waals surface area contributed by atoms with Crippen LogP contribution in [0.5, 0.6) is 0 Å². The van der Waals surface area contributed by atoms with Crippen molar-refractivity contribution in [3.05, 3.63) is 60.3 Å². The lowest BCUT2D eigenvalue weighted by atomic mass is 9.95. The summed E-state index contributed by atoms with van der Waals surface area (Å²) in [6.07, 6.45) is 3.53. The van der Waals surface area contributed by atoms with Crippen LogP contribution in [-0.4, -0.2) is 18.0 Å². The second-order valence-corrected chi connectivity index (χ2v) is 5.95. The SMILES string of the molecule is C=Cc1c(N)cccc1C(C)N(C)C(CCC(=C)N)C(=C)C. The largest absolute Gasteiger partial charge is 0.403 e. The number of nitrogens with zero attached hydrogens (tertiary/aromatic N) is 1. The van der Waals surface area contributed by atoms with Gasteiger partial charge in [0.15, 0.2) is 0 Å². The minimum Gasteiger partial charge on any atom is -0.403 e. The first kappa shape index (κ1) is 18.1. The topological polar surface area (TPSA) is 55.3 Å². The molecule has 0 spiro atoms. The third-order valence-electron chi connectivity index (χ3n) is 4.24. The van der Waals surface area contributed by atoms with Crippen LogP contribution in [0.4, 0.5) is 5.69 Å². The first-order valence-electron chi connectivity index (χ1n) is 7.61. The molecule has 1 rings (SSSR count). The molecule has 2 atom stereocenters. The molecule has 0 aliphatic heterocycles. The van der Waals surface area contributed by atoms with Gasteiger partial charge in [-0.25, -0.2) is 0 Å². The molecule has 0 heterocycles. The number of rotatable bonds is 8. The van der Waals surface area contributed by atoms with E-state index in [0.717, 1.165) is 29.7 Å². The average Bonchev–Trinajstić information content (AvgIpc) is 2.45. The highest BCUT2D eigenvalue weighted by Crippen LogP contribution is 2.31. The van der Waals surface area contributed by atoms with Gasteiger partial charge in [0.05, 0.1) is 0 Å². The molecular weight excluding hydrogens is 270 g/mol. The van der Waals surface area contributed by atoms with Crippen molar-refractivity contribution in [1.29, 1.82) is 0 Å². The van der Waals surface area contributed by atoms with Crippen LogP contribution in [0.25, 0.3) is 6.08 Å². The first-order valence-corrected chi connectivity index (χ1v) is 7.61. The molecule has 0 saturated heterocycles. The second-order valence-electron chi connectivity index (χ2n) is 5.95. The standard InChI is InChI=1S/C19H29N3/c1-7-16-17(9-8-10-18(16)21)15(5)22(6)19(13(2)3)12-11-14(4)20/h7-10,15,19H,1-2,4,11-12,20-21H2,3,5-6H3. The fourth-order valence-electron chi connectivity index (χ4n) is 2.81. The Morgan fingerprint density at radius 1 is 1.36 bits per heavy atom. The predicted molar refractivity (Wildman–Crippen MR) is 98.3 cm³/mol. The van der Waals surface area contributed by atoms with E-state index >= 15 is 0 Å². The number of benzene rings is 1. The number of nitrogens with two attached hydrogens (primary N) is 2. The number of anilines is 1. The van der Waals surface area contributed by atoms with Crippen molar-refractivity contribution in [1.82, 2.24) is 4.90 Å². The van der Waals surface area contributed by atoms with Gasteiger partial charge in [0, 0.05) is 29.0 Å². The summed E-state index contributed by atoms with van der Waals surface area (Å²) in [5.74, 6) is 0. The zero-order chi connectivity index (χ0) is 16.9. The Balaban J connectivity index is 3.06. The van der Waals surface area contributed by atoms with Crippen molar-refractivity contribution < 1.29 is 0 Å². The number of likely N-dealkylation sites (N-methyl/N-ethyl adjacent to an activating group) is 1. The van der Waals surface area contributed by atoms with E-state index in [1.54, 1.807) is 0 Å². The maximum atomic E-state index is 6.07. The lowest BCUT2D eigenvalue weighted by Gasteiger charge is -2.35. The van der Waals surface area contributed by atoms with Crippen molar-refractivity contribution in [3.8, 4) is 0 Å². The third kappa shape index (κ3) is 4.25. The molecule has 0 aromatic heterocycles. The minimum atomic E-state index is 0.198. The molecule has 0 fully saturated rings. The van der Waals surface area contributed by atoms with Crippen molar-refractivity contribution >= 4 is 11.8 Å². The van der Waals surface area contributed by atoms with Crippen LogP contribution >= 0.6 is 0 Å². The highest BCUT2D eigenvalue weighted by molar-refractivity contribution is 5.67. The number of hydrogen-bond acceptors (Lipinski definition) is 3. The quantitative estimate of drug-likeness (QED) is 0.561. The molecule has 3 heteroatoms. The van der Waals surface area contributed by atoms with Crippen LogP contribution in [-0.2, 0) is 0 Å². The summed E-state index contributed by atoms with van der Waals surface area (Å²) in [4.78, 5) is 2.31. The van der Waals surface area contributed by atoms with Gasteiger partial charge in [-0.1, -0.05) is 43.5 Å². The van der Waals surface area contributed by atoms with E-state index in [1.807, 2.05) is 18.2 Å². The normalized spacial score (nSPS) is 13.6. The number of nitrogen functional groups attached to an aromatic ring is 1. The van der Waals surface area contributed by atoms with Crippen LogP contribution in [0, 0.1) is 0 Å². The van der Waals surface area contributed by atoms with E-state index in [-0.39, 0.29) is 12.1 Å². The molecule has 0 aliphatic carbocycles. The molecule has 1 aromatic rings. The molecule has 4 N–H and O–H groups in total. The Bertz CT molecular complexity index is 560. The number of allylic oxidation sites excluding steroid dienone is 1. The maximum Gasteiger partial charge on any atom is 0.0390 e. The average molecular weight is 299 g/mol. The van der Waals surface area contributed by atoms with Crippen molar-refractivity contribution in [3.63, 3.8) is 0 Å². The monoisotopic (exact) mass is 299 g/mol. The van der Waals surface area contributed by atoms with Crippen LogP contribution in [0.3, 0.4) is 0 Å². The molecular formula is C19H29N3. The summed E-state index contributed by atoms with van der Waals surface area (Å²) >= 11 is 0. The zero-order valence-electron chi connectivity index (χ0n) is 14.1. The van der Waals surface area contributed by atoms with E-state index in [9.17, 15) is 0 Å². The third-order valence-corrected chi connectivity index (χ3v) is 4.24. The van der Waals surface area contributed by atoms with Gasteiger partial charge in [0.25, 0.3) is 0 Å². The molecule has 120 valence electrons. The van der Waals surface area contributed by atoms with Crippen LogP contribution in [0.2, 0.25) is 0 Å². The molecule has 1 aromatic carbocycles. The van der Waals surface area contributed by atoms with Gasteiger partial charge >= 0.3 is 0 Å². The molecule has 0 aliphatic rings. The van der Waals surface area contributed by atoms with Gasteiger partial charge < -0.3 is 11.5 Å². The fraction of sp³-hybridized carbons (Fsp3) is 0.368. The Labute approximate surface area is 135 Å². The molecule has 3 nitrogen and oxygen atoms in total. The Morgan fingerprint density at radius 3 is 2.50 bits per heavy atom. The summed E-state index contributed by atoms with van der Waals surface area (Å²) in [7, 11) is 2.11. The summed E-state index contributed by atoms with van der Waals surface area (Å²) in [6, 6.07) is 6.44. The lowest BCUT2D eigenvalue weighted by molar-refractivity contribution is 0.200. The predicted octanol–water partition coefficient (Wildman–Crippen LogP) is 4.10. The number of hydrogen-bond donors (Lipinski definition) is 2. The lowest BCUT2D eigenvalue weighted by Crippen LogP contribution is -2.35. The van der Waals surface area contributed by atoms with E-state index < -0.39 is 0 Å². The van der Waals surface area contributed by atoms with Crippen LogP contribution < -0.4 is 11.5 Å². The summed E-state index contributed by atoms with van der Waals surface area (Å²) in [5, 5.41) is 0. The van der Waals surface area contributed by atoms with Crippen LogP contribution in [0.15, 0.2) is 49.2 Å². The first-order chi connectivity index (χ1) is 10.3. The smallest absolute Gasteiger partial charge is 0.0390 e. The fourth-order valence-corrected chi connectivity index (χ4v) is 2.81. The van der Waals surface area contributed by atoms with E-state index in [0.29, 0.717) is 5.70 Å². The van der Waals surface area contributed by atoms with E-state index in [4.69, 9.17) is 11.5 Å². The second kappa shape index (κ2) is 7.85. The molecule has 2 unspecified atom stereocenters. The van der Waals surface area contributed by atoms with Gasteiger partial charge in [0.2, 0.25) is 0 Å². The Morgan fingerprint density at radius 2 is 2.00 bits per heavy atom. The van der Waals surface area contributed by atoms with Crippen molar-refractivity contribution in [2.75, 3.05) is 12.8 Å². The van der Waals surface area contributed by atoms with Crippen LogP contribution in [0.1, 0.15) is 43.9 Å². The van der Waals surface area contributed by atoms with Gasteiger partial charge in [-0.15, -0.1) is 0 Å². The van der Waals surface area contributed by atoms with Gasteiger partial charge in [-0.3, -0.25) is 4.90 Å². The zero-order valence-corrected chi connectivity index (χ0v) is 14.1. The van der Waals surface area contributed by atoms with Crippen molar-refractivity contribution in [2.24, 2.45) is 5.73 Å². The molecule has 0 saturated carbocycles. The highest BCUT2D eigenvalue weighted by Gasteiger charge is 2.23. The van der Waals surface area contributed by atoms with E-state index in [2.05, 4.69) is 51.6 Å². The molecule has 0 amide bonds. The highest BCUT2D eigenvalue weighted by atomic mass is 15.2.